The van der Waals surface area contributed by atoms with Crippen LogP contribution in [0.2, 0.25) is 0 Å². The molecule has 2 aromatic heterocycles. The van der Waals surface area contributed by atoms with Gasteiger partial charge in [0.2, 0.25) is 0 Å². The summed E-state index contributed by atoms with van der Waals surface area (Å²) < 4.78 is 21.7. The number of aromatic nitrogens is 2. The second-order valence-electron chi connectivity index (χ2n) is 8.82. The summed E-state index contributed by atoms with van der Waals surface area (Å²) in [6.45, 7) is 8.54. The number of methoxy groups -OCH3 is 1. The summed E-state index contributed by atoms with van der Waals surface area (Å²) in [7, 11) is 1.38. The topological polar surface area (TPSA) is 50.6 Å². The molecule has 6 nitrogen and oxygen atoms in total. The van der Waals surface area contributed by atoms with Crippen LogP contribution in [0.1, 0.15) is 42.6 Å². The summed E-state index contributed by atoms with van der Waals surface area (Å²) in [6, 6.07) is 11.7. The molecule has 0 radical (unpaired) electrons. The van der Waals surface area contributed by atoms with E-state index in [1.807, 2.05) is 32.2 Å². The van der Waals surface area contributed by atoms with Gasteiger partial charge >= 0.3 is 5.97 Å². The second kappa shape index (κ2) is 9.91. The van der Waals surface area contributed by atoms with Gasteiger partial charge in [-0.3, -0.25) is 4.90 Å². The third-order valence-corrected chi connectivity index (χ3v) is 6.85. The fourth-order valence-corrected chi connectivity index (χ4v) is 4.56. The number of nitrogens with zero attached hydrogens (tertiary/aromatic N) is 4. The van der Waals surface area contributed by atoms with Crippen LogP contribution in [0.25, 0.3) is 11.0 Å². The first-order valence-electron chi connectivity index (χ1n) is 11.7. The van der Waals surface area contributed by atoms with Crippen LogP contribution >= 0.6 is 0 Å². The van der Waals surface area contributed by atoms with Crippen LogP contribution in [0.4, 0.5) is 10.1 Å². The Labute approximate surface area is 195 Å². The average Bonchev–Trinajstić information content (AvgIpc) is 3.27. The fourth-order valence-electron chi connectivity index (χ4n) is 4.56. The largest absolute Gasteiger partial charge is 0.465 e. The Morgan fingerprint density at radius 2 is 1.76 bits per heavy atom. The molecule has 4 rings (SSSR count). The molecular weight excluding hydrogens is 419 g/mol. The molecule has 0 amide bonds. The Morgan fingerprint density at radius 3 is 2.39 bits per heavy atom. The molecule has 7 heteroatoms. The smallest absolute Gasteiger partial charge is 0.337 e. The van der Waals surface area contributed by atoms with Crippen LogP contribution in [-0.4, -0.2) is 65.9 Å². The van der Waals surface area contributed by atoms with E-state index < -0.39 is 5.67 Å². The molecule has 0 bridgehead atoms. The highest BCUT2D eigenvalue weighted by molar-refractivity contribution is 5.90. The second-order valence-corrected chi connectivity index (χ2v) is 8.82. The van der Waals surface area contributed by atoms with Gasteiger partial charge in [-0.05, 0) is 42.7 Å². The van der Waals surface area contributed by atoms with E-state index in [-0.39, 0.29) is 5.97 Å². The van der Waals surface area contributed by atoms with Crippen molar-refractivity contribution in [1.82, 2.24) is 14.5 Å². The third-order valence-electron chi connectivity index (χ3n) is 6.85. The Balaban J connectivity index is 1.46. The minimum absolute atomic E-state index is 0.332. The summed E-state index contributed by atoms with van der Waals surface area (Å²) in [5, 5.41) is 1.12. The number of carbonyl (C=O) groups is 1. The predicted molar refractivity (Wildman–Crippen MR) is 130 cm³/mol. The van der Waals surface area contributed by atoms with E-state index in [2.05, 4.69) is 37.7 Å². The lowest BCUT2D eigenvalue weighted by molar-refractivity contribution is 0.0600. The summed E-state index contributed by atoms with van der Waals surface area (Å²) in [4.78, 5) is 20.9. The zero-order valence-corrected chi connectivity index (χ0v) is 19.8. The number of benzene rings is 1. The zero-order valence-electron chi connectivity index (χ0n) is 19.8. The lowest BCUT2D eigenvalue weighted by atomic mass is 9.98. The summed E-state index contributed by atoms with van der Waals surface area (Å²) >= 11 is 0. The van der Waals surface area contributed by atoms with E-state index in [1.165, 1.54) is 12.8 Å². The van der Waals surface area contributed by atoms with E-state index in [4.69, 9.17) is 4.74 Å². The number of carbonyl (C=O) groups excluding carboxylic acids is 1. The molecule has 0 saturated carbocycles. The van der Waals surface area contributed by atoms with Gasteiger partial charge in [0.15, 0.2) is 0 Å². The van der Waals surface area contributed by atoms with Gasteiger partial charge in [0.1, 0.15) is 11.3 Å². The fraction of sp³-hybridized carbons (Fsp3) is 0.462. The van der Waals surface area contributed by atoms with Gasteiger partial charge in [0.05, 0.1) is 12.7 Å². The van der Waals surface area contributed by atoms with Gasteiger partial charge < -0.3 is 14.2 Å². The maximum absolute atomic E-state index is 14.8. The molecule has 0 aliphatic carbocycles. The van der Waals surface area contributed by atoms with Crippen molar-refractivity contribution >= 4 is 22.7 Å². The van der Waals surface area contributed by atoms with Crippen LogP contribution in [0.15, 0.2) is 48.8 Å². The highest BCUT2D eigenvalue weighted by Crippen LogP contribution is 2.29. The van der Waals surface area contributed by atoms with Crippen LogP contribution in [-0.2, 0) is 11.3 Å². The van der Waals surface area contributed by atoms with E-state index in [1.54, 1.807) is 12.1 Å². The number of fused-ring (bicyclic) bond motifs is 1. The zero-order chi connectivity index (χ0) is 23.4. The summed E-state index contributed by atoms with van der Waals surface area (Å²) in [5.74, 6) is -0.332. The number of ether oxygens (including phenoxy) is 1. The molecule has 1 aromatic carbocycles. The Kier molecular flexibility index (Phi) is 6.98. The number of anilines is 1. The molecule has 3 aromatic rings. The molecule has 0 unspecified atom stereocenters. The lowest BCUT2D eigenvalue weighted by Crippen LogP contribution is -2.50. The molecule has 1 aliphatic rings. The number of rotatable bonds is 8. The first-order chi connectivity index (χ1) is 16.0. The van der Waals surface area contributed by atoms with E-state index in [0.29, 0.717) is 31.5 Å². The molecule has 1 aliphatic heterocycles. The molecule has 176 valence electrons. The Bertz CT molecular complexity index is 1080. The number of piperazine rings is 1. The number of esters is 1. The number of pyridine rings is 1. The van der Waals surface area contributed by atoms with Crippen molar-refractivity contribution in [2.24, 2.45) is 0 Å². The quantitative estimate of drug-likeness (QED) is 0.471. The van der Waals surface area contributed by atoms with Crippen molar-refractivity contribution in [3.63, 3.8) is 0 Å². The first-order valence-corrected chi connectivity index (χ1v) is 11.7. The molecular formula is C26H33FN4O2. The van der Waals surface area contributed by atoms with Gasteiger partial charge in [-0.15, -0.1) is 0 Å². The van der Waals surface area contributed by atoms with Crippen LogP contribution in [0.5, 0.6) is 0 Å². The highest BCUT2D eigenvalue weighted by atomic mass is 19.1. The monoisotopic (exact) mass is 452 g/mol. The van der Waals surface area contributed by atoms with Crippen molar-refractivity contribution in [3.8, 4) is 0 Å². The SMILES string of the molecule is CCC(F)(CC)CN1CCN(c2ccnc3c2ccn3Cc2ccc(C(=O)OC)cc2)CC1. The van der Waals surface area contributed by atoms with E-state index in [9.17, 15) is 9.18 Å². The average molecular weight is 453 g/mol. The maximum Gasteiger partial charge on any atom is 0.337 e. The van der Waals surface area contributed by atoms with Crippen LogP contribution < -0.4 is 4.90 Å². The van der Waals surface area contributed by atoms with Crippen molar-refractivity contribution in [1.29, 1.82) is 0 Å². The number of halogens is 1. The molecule has 1 saturated heterocycles. The van der Waals surface area contributed by atoms with Crippen LogP contribution in [0.3, 0.4) is 0 Å². The van der Waals surface area contributed by atoms with Crippen LogP contribution in [0, 0.1) is 0 Å². The molecule has 0 N–H and O–H groups in total. The van der Waals surface area contributed by atoms with Crippen molar-refractivity contribution in [2.75, 3.05) is 44.7 Å². The normalized spacial score (nSPS) is 15.2. The van der Waals surface area contributed by atoms with Gasteiger partial charge in [-0.1, -0.05) is 26.0 Å². The predicted octanol–water partition coefficient (Wildman–Crippen LogP) is 4.52. The summed E-state index contributed by atoms with van der Waals surface area (Å²) in [5.41, 5.74) is 2.66. The number of hydrogen-bond acceptors (Lipinski definition) is 5. The Hall–Kier alpha value is -2.93. The molecule has 33 heavy (non-hydrogen) atoms. The van der Waals surface area contributed by atoms with E-state index >= 15 is 0 Å². The molecule has 0 spiro atoms. The van der Waals surface area contributed by atoms with Crippen molar-refractivity contribution in [2.45, 2.75) is 38.9 Å². The maximum atomic E-state index is 14.8. The van der Waals surface area contributed by atoms with E-state index in [0.717, 1.165) is 42.8 Å². The van der Waals surface area contributed by atoms with Gasteiger partial charge in [-0.2, -0.15) is 0 Å². The third kappa shape index (κ3) is 5.03. The van der Waals surface area contributed by atoms with Crippen molar-refractivity contribution < 1.29 is 13.9 Å². The lowest BCUT2D eigenvalue weighted by Gasteiger charge is -2.39. The molecule has 3 heterocycles. The minimum atomic E-state index is -1.08. The minimum Gasteiger partial charge on any atom is -0.465 e. The number of hydrogen-bond donors (Lipinski definition) is 0. The van der Waals surface area contributed by atoms with Gasteiger partial charge in [0, 0.05) is 62.7 Å². The summed E-state index contributed by atoms with van der Waals surface area (Å²) in [6.07, 6.45) is 5.05. The van der Waals surface area contributed by atoms with Crippen molar-refractivity contribution in [3.05, 3.63) is 59.9 Å². The molecule has 0 atom stereocenters. The Morgan fingerprint density at radius 1 is 1.06 bits per heavy atom. The van der Waals surface area contributed by atoms with Gasteiger partial charge in [-0.25, -0.2) is 14.2 Å². The highest BCUT2D eigenvalue weighted by Gasteiger charge is 2.30. The number of alkyl halides is 1. The first kappa shape index (κ1) is 23.2. The van der Waals surface area contributed by atoms with Gasteiger partial charge in [0.25, 0.3) is 0 Å². The standard InChI is InChI=1S/C26H33FN4O2/c1-4-26(27,5-2)19-29-14-16-30(17-15-29)23-10-12-28-24-22(23)11-13-31(24)18-20-6-8-21(9-7-20)25(32)33-3/h6-13H,4-5,14-19H2,1-3H3. The molecule has 1 fully saturated rings.